The van der Waals surface area contributed by atoms with Crippen molar-refractivity contribution in [3.8, 4) is 11.3 Å². The lowest BCUT2D eigenvalue weighted by atomic mass is 10.1. The molecule has 0 unspecified atom stereocenters. The number of benzene rings is 2. The van der Waals surface area contributed by atoms with E-state index in [-0.39, 0.29) is 5.02 Å². The van der Waals surface area contributed by atoms with Crippen molar-refractivity contribution < 1.29 is 9.18 Å². The van der Waals surface area contributed by atoms with Crippen LogP contribution in [0.1, 0.15) is 5.82 Å². The molecule has 4 rings (SSSR count). The third-order valence-corrected chi connectivity index (χ3v) is 4.30. The minimum Gasteiger partial charge on any atom is -0.308 e. The Bertz CT molecular complexity index is 1190. The number of anilines is 2. The normalized spacial score (nSPS) is 10.8. The van der Waals surface area contributed by atoms with E-state index in [0.29, 0.717) is 28.5 Å². The molecule has 0 aliphatic heterocycles. The summed E-state index contributed by atoms with van der Waals surface area (Å²) >= 11 is 5.73. The Balaban J connectivity index is 1.53. The fourth-order valence-electron chi connectivity index (χ4n) is 2.67. The summed E-state index contributed by atoms with van der Waals surface area (Å²) in [6, 6.07) is 14.4. The molecular weight excluding hydrogens is 383 g/mol. The Hall–Kier alpha value is -3.52. The van der Waals surface area contributed by atoms with Crippen molar-refractivity contribution in [2.24, 2.45) is 0 Å². The molecule has 0 aliphatic carbocycles. The van der Waals surface area contributed by atoms with Crippen LogP contribution in [0, 0.1) is 12.7 Å². The molecule has 140 valence electrons. The number of rotatable bonds is 3. The Morgan fingerprint density at radius 3 is 2.61 bits per heavy atom. The molecule has 0 saturated carbocycles. The minimum atomic E-state index is -0.548. The average Bonchev–Trinajstić information content (AvgIpc) is 3.05. The zero-order valence-corrected chi connectivity index (χ0v) is 15.4. The number of aromatic nitrogens is 4. The largest absolute Gasteiger partial charge is 0.323 e. The van der Waals surface area contributed by atoms with Gasteiger partial charge in [0.05, 0.1) is 10.7 Å². The van der Waals surface area contributed by atoms with E-state index in [0.717, 1.165) is 5.56 Å². The lowest BCUT2D eigenvalue weighted by molar-refractivity contribution is 0.262. The Labute approximate surface area is 164 Å². The zero-order valence-electron chi connectivity index (χ0n) is 14.6. The van der Waals surface area contributed by atoms with Gasteiger partial charge in [-0.15, -0.1) is 10.2 Å². The summed E-state index contributed by atoms with van der Waals surface area (Å²) in [7, 11) is 0. The van der Waals surface area contributed by atoms with Gasteiger partial charge in [-0.05, 0) is 49.4 Å². The van der Waals surface area contributed by atoms with Crippen molar-refractivity contribution in [1.29, 1.82) is 0 Å². The van der Waals surface area contributed by atoms with Gasteiger partial charge in [0.15, 0.2) is 11.5 Å². The van der Waals surface area contributed by atoms with E-state index in [1.54, 1.807) is 16.6 Å². The maximum Gasteiger partial charge on any atom is 0.323 e. The van der Waals surface area contributed by atoms with Crippen LogP contribution in [0.3, 0.4) is 0 Å². The van der Waals surface area contributed by atoms with Crippen molar-refractivity contribution >= 4 is 34.7 Å². The molecule has 2 heterocycles. The van der Waals surface area contributed by atoms with Crippen LogP contribution in [0.2, 0.25) is 5.02 Å². The monoisotopic (exact) mass is 396 g/mol. The number of aryl methyl sites for hydroxylation is 1. The van der Waals surface area contributed by atoms with Crippen molar-refractivity contribution in [2.45, 2.75) is 6.92 Å². The molecule has 2 amide bonds. The van der Waals surface area contributed by atoms with E-state index < -0.39 is 11.8 Å². The molecule has 2 aromatic heterocycles. The summed E-state index contributed by atoms with van der Waals surface area (Å²) in [6.45, 7) is 1.82. The van der Waals surface area contributed by atoms with Gasteiger partial charge in [-0.3, -0.25) is 0 Å². The van der Waals surface area contributed by atoms with Crippen molar-refractivity contribution in [3.05, 3.63) is 71.3 Å². The molecule has 0 spiro atoms. The second-order valence-corrected chi connectivity index (χ2v) is 6.43. The molecule has 7 nitrogen and oxygen atoms in total. The summed E-state index contributed by atoms with van der Waals surface area (Å²) in [5, 5.41) is 17.8. The SMILES string of the molecule is Cc1nnc2ccc(-c3cccc(NC(=O)Nc4ccc(F)c(Cl)c4)c3)nn12. The average molecular weight is 397 g/mol. The van der Waals surface area contributed by atoms with Crippen LogP contribution in [0.25, 0.3) is 16.9 Å². The molecule has 0 fully saturated rings. The molecule has 0 atom stereocenters. The first-order chi connectivity index (χ1) is 13.5. The molecule has 4 aromatic rings. The van der Waals surface area contributed by atoms with E-state index in [2.05, 4.69) is 25.9 Å². The Morgan fingerprint density at radius 1 is 1.04 bits per heavy atom. The van der Waals surface area contributed by atoms with Crippen molar-refractivity contribution in [2.75, 3.05) is 10.6 Å². The van der Waals surface area contributed by atoms with Crippen LogP contribution >= 0.6 is 11.6 Å². The van der Waals surface area contributed by atoms with Crippen LogP contribution in [0.4, 0.5) is 20.6 Å². The molecule has 0 aliphatic rings. The fourth-order valence-corrected chi connectivity index (χ4v) is 2.85. The van der Waals surface area contributed by atoms with Crippen LogP contribution in [-0.4, -0.2) is 25.8 Å². The summed E-state index contributed by atoms with van der Waals surface area (Å²) in [4.78, 5) is 12.2. The number of amides is 2. The smallest absolute Gasteiger partial charge is 0.308 e. The van der Waals surface area contributed by atoms with Gasteiger partial charge >= 0.3 is 6.03 Å². The third-order valence-electron chi connectivity index (χ3n) is 4.01. The first-order valence-corrected chi connectivity index (χ1v) is 8.70. The molecule has 2 N–H and O–H groups in total. The number of carbonyl (C=O) groups excluding carboxylic acids is 1. The highest BCUT2D eigenvalue weighted by Gasteiger charge is 2.09. The van der Waals surface area contributed by atoms with E-state index in [4.69, 9.17) is 11.6 Å². The molecule has 0 saturated heterocycles. The number of hydrogen-bond donors (Lipinski definition) is 2. The molecule has 2 aromatic carbocycles. The topological polar surface area (TPSA) is 84.2 Å². The lowest BCUT2D eigenvalue weighted by Gasteiger charge is -2.09. The van der Waals surface area contributed by atoms with Gasteiger partial charge in [0.2, 0.25) is 0 Å². The van der Waals surface area contributed by atoms with Gasteiger partial charge in [-0.25, -0.2) is 9.18 Å². The summed E-state index contributed by atoms with van der Waals surface area (Å²) < 4.78 is 14.9. The lowest BCUT2D eigenvalue weighted by Crippen LogP contribution is -2.19. The summed E-state index contributed by atoms with van der Waals surface area (Å²) in [6.07, 6.45) is 0. The summed E-state index contributed by atoms with van der Waals surface area (Å²) in [5.41, 5.74) is 3.15. The summed E-state index contributed by atoms with van der Waals surface area (Å²) in [5.74, 6) is 0.136. The first kappa shape index (κ1) is 17.9. The number of carbonyl (C=O) groups is 1. The number of fused-ring (bicyclic) bond motifs is 1. The minimum absolute atomic E-state index is 0.0643. The number of halogens is 2. The van der Waals surface area contributed by atoms with Crippen molar-refractivity contribution in [1.82, 2.24) is 19.8 Å². The predicted octanol–water partition coefficient (Wildman–Crippen LogP) is 4.54. The zero-order chi connectivity index (χ0) is 19.7. The maximum atomic E-state index is 13.2. The van der Waals surface area contributed by atoms with Gasteiger partial charge in [0, 0.05) is 16.9 Å². The molecule has 0 radical (unpaired) electrons. The van der Waals surface area contributed by atoms with E-state index in [9.17, 15) is 9.18 Å². The van der Waals surface area contributed by atoms with Gasteiger partial charge in [-0.2, -0.15) is 9.61 Å². The number of nitrogens with zero attached hydrogens (tertiary/aromatic N) is 4. The van der Waals surface area contributed by atoms with Crippen LogP contribution in [0.15, 0.2) is 54.6 Å². The third kappa shape index (κ3) is 3.63. The maximum absolute atomic E-state index is 13.2. The second kappa shape index (κ2) is 7.24. The Kier molecular flexibility index (Phi) is 4.62. The fraction of sp³-hybridized carbons (Fsp3) is 0.0526. The molecule has 0 bridgehead atoms. The van der Waals surface area contributed by atoms with Gasteiger partial charge in [0.25, 0.3) is 0 Å². The molecule has 28 heavy (non-hydrogen) atoms. The quantitative estimate of drug-likeness (QED) is 0.532. The first-order valence-electron chi connectivity index (χ1n) is 8.32. The van der Waals surface area contributed by atoms with E-state index >= 15 is 0 Å². The number of nitrogens with one attached hydrogen (secondary N) is 2. The van der Waals surface area contributed by atoms with Crippen LogP contribution < -0.4 is 10.6 Å². The van der Waals surface area contributed by atoms with E-state index in [1.807, 2.05) is 31.2 Å². The predicted molar refractivity (Wildman–Crippen MR) is 105 cm³/mol. The van der Waals surface area contributed by atoms with Gasteiger partial charge in [-0.1, -0.05) is 23.7 Å². The van der Waals surface area contributed by atoms with Crippen molar-refractivity contribution in [3.63, 3.8) is 0 Å². The van der Waals surface area contributed by atoms with Crippen LogP contribution in [0.5, 0.6) is 0 Å². The Morgan fingerprint density at radius 2 is 1.82 bits per heavy atom. The highest BCUT2D eigenvalue weighted by molar-refractivity contribution is 6.31. The number of hydrogen-bond acceptors (Lipinski definition) is 4. The molecular formula is C19H14ClFN6O. The van der Waals surface area contributed by atoms with E-state index in [1.165, 1.54) is 18.2 Å². The van der Waals surface area contributed by atoms with Crippen LogP contribution in [-0.2, 0) is 0 Å². The highest BCUT2D eigenvalue weighted by Crippen LogP contribution is 2.22. The number of urea groups is 1. The second-order valence-electron chi connectivity index (χ2n) is 6.02. The molecule has 9 heteroatoms. The van der Waals surface area contributed by atoms with Gasteiger partial charge < -0.3 is 10.6 Å². The standard InChI is InChI=1S/C19H14ClFN6O/c1-11-24-25-18-8-7-17(26-27(11)18)12-3-2-4-13(9-12)22-19(28)23-14-5-6-16(21)15(20)10-14/h2-10H,1H3,(H2,22,23,28). The van der Waals surface area contributed by atoms with Gasteiger partial charge in [0.1, 0.15) is 5.82 Å². The highest BCUT2D eigenvalue weighted by atomic mass is 35.5.